The zero-order chi connectivity index (χ0) is 25.6. The van der Waals surface area contributed by atoms with E-state index in [2.05, 4.69) is 32.1 Å². The van der Waals surface area contributed by atoms with Gasteiger partial charge in [-0.3, -0.25) is 19.5 Å². The molecular formula is C28H35N7O2. The first-order chi connectivity index (χ1) is 18.1. The van der Waals surface area contributed by atoms with Gasteiger partial charge in [0.25, 0.3) is 0 Å². The third-order valence-electron chi connectivity index (χ3n) is 7.61. The number of rotatable bonds is 5. The maximum atomic E-state index is 13.7. The minimum Gasteiger partial charge on any atom is -0.335 e. The molecule has 2 aliphatic rings. The molecule has 9 nitrogen and oxygen atoms in total. The van der Waals surface area contributed by atoms with Crippen molar-refractivity contribution in [2.75, 3.05) is 18.0 Å². The van der Waals surface area contributed by atoms with Crippen LogP contribution in [0.5, 0.6) is 0 Å². The van der Waals surface area contributed by atoms with Crippen molar-refractivity contribution in [2.45, 2.75) is 70.7 Å². The summed E-state index contributed by atoms with van der Waals surface area (Å²) < 4.78 is 1.57. The van der Waals surface area contributed by atoms with Crippen molar-refractivity contribution in [1.29, 1.82) is 0 Å². The van der Waals surface area contributed by atoms with Gasteiger partial charge < -0.3 is 9.80 Å². The minimum atomic E-state index is -0.00102. The van der Waals surface area contributed by atoms with Crippen molar-refractivity contribution in [3.63, 3.8) is 0 Å². The second kappa shape index (κ2) is 11.6. The summed E-state index contributed by atoms with van der Waals surface area (Å²) >= 11 is 0. The number of amides is 2. The molecule has 5 rings (SSSR count). The maximum Gasteiger partial charge on any atom is 0.244 e. The molecule has 0 radical (unpaired) electrons. The van der Waals surface area contributed by atoms with Gasteiger partial charge >= 0.3 is 0 Å². The number of piperidine rings is 1. The molecule has 0 spiro atoms. The fraction of sp³-hybridized carbons (Fsp3) is 0.464. The van der Waals surface area contributed by atoms with Gasteiger partial charge in [0.1, 0.15) is 19.2 Å². The van der Waals surface area contributed by atoms with E-state index in [9.17, 15) is 9.59 Å². The number of carbonyl (C=O) groups is 2. The summed E-state index contributed by atoms with van der Waals surface area (Å²) in [4.78, 5) is 41.5. The highest BCUT2D eigenvalue weighted by Crippen LogP contribution is 2.31. The summed E-state index contributed by atoms with van der Waals surface area (Å²) in [5.74, 6) is 0.110. The molecule has 0 N–H and O–H groups in total. The molecule has 1 saturated heterocycles. The van der Waals surface area contributed by atoms with Crippen LogP contribution in [-0.2, 0) is 29.2 Å². The molecule has 2 atom stereocenters. The maximum absolute atomic E-state index is 13.7. The molecule has 1 aromatic carbocycles. The molecule has 2 bridgehead atoms. The minimum absolute atomic E-state index is 0.00102. The van der Waals surface area contributed by atoms with Gasteiger partial charge in [-0.2, -0.15) is 5.10 Å². The third-order valence-corrected chi connectivity index (χ3v) is 7.61. The van der Waals surface area contributed by atoms with Crippen molar-refractivity contribution in [1.82, 2.24) is 29.5 Å². The van der Waals surface area contributed by atoms with E-state index < -0.39 is 0 Å². The largest absolute Gasteiger partial charge is 0.335 e. The monoisotopic (exact) mass is 501 g/mol. The van der Waals surface area contributed by atoms with Crippen molar-refractivity contribution < 1.29 is 9.59 Å². The molecule has 2 unspecified atom stereocenters. The lowest BCUT2D eigenvalue weighted by Gasteiger charge is -2.44. The number of pyridine rings is 1. The van der Waals surface area contributed by atoms with Gasteiger partial charge in [-0.25, -0.2) is 9.67 Å². The predicted octanol–water partition coefficient (Wildman–Crippen LogP) is 3.27. The molecule has 4 heterocycles. The Morgan fingerprint density at radius 2 is 1.78 bits per heavy atom. The Kier molecular flexibility index (Phi) is 7.89. The summed E-state index contributed by atoms with van der Waals surface area (Å²) in [6, 6.07) is 12.7. The topological polar surface area (TPSA) is 87.5 Å². The van der Waals surface area contributed by atoms with Crippen LogP contribution in [-0.4, -0.2) is 66.5 Å². The number of nitrogens with zero attached hydrogens (tertiary/aromatic N) is 7. The summed E-state index contributed by atoms with van der Waals surface area (Å²) in [6.07, 6.45) is 11.3. The van der Waals surface area contributed by atoms with Crippen LogP contribution in [0.4, 0.5) is 5.69 Å². The molecular weight excluding hydrogens is 466 g/mol. The lowest BCUT2D eigenvalue weighted by molar-refractivity contribution is -0.134. The van der Waals surface area contributed by atoms with E-state index in [0.717, 1.165) is 43.5 Å². The number of hydrogen-bond donors (Lipinski definition) is 0. The fourth-order valence-corrected chi connectivity index (χ4v) is 5.71. The molecule has 2 amide bonds. The third kappa shape index (κ3) is 5.88. The Labute approximate surface area is 218 Å². The number of aromatic nitrogens is 4. The molecule has 0 aliphatic carbocycles. The molecule has 194 valence electrons. The first kappa shape index (κ1) is 25.1. The van der Waals surface area contributed by atoms with E-state index in [4.69, 9.17) is 0 Å². The van der Waals surface area contributed by atoms with Gasteiger partial charge in [-0.15, -0.1) is 0 Å². The summed E-state index contributed by atoms with van der Waals surface area (Å²) in [7, 11) is 0. The van der Waals surface area contributed by atoms with Gasteiger partial charge in [0.2, 0.25) is 11.8 Å². The summed E-state index contributed by atoms with van der Waals surface area (Å²) in [5.41, 5.74) is 3.12. The lowest BCUT2D eigenvalue weighted by atomic mass is 9.92. The lowest BCUT2D eigenvalue weighted by Crippen LogP contribution is -2.52. The Morgan fingerprint density at radius 3 is 2.57 bits per heavy atom. The van der Waals surface area contributed by atoms with Crippen LogP contribution < -0.4 is 4.90 Å². The van der Waals surface area contributed by atoms with Gasteiger partial charge in [-0.1, -0.05) is 31.5 Å². The number of fused-ring (bicyclic) bond motifs is 3. The van der Waals surface area contributed by atoms with Crippen LogP contribution in [0.2, 0.25) is 0 Å². The van der Waals surface area contributed by atoms with E-state index in [1.54, 1.807) is 11.0 Å². The second-order valence-corrected chi connectivity index (χ2v) is 9.95. The zero-order valence-electron chi connectivity index (χ0n) is 21.4. The molecule has 9 heteroatoms. The Bertz CT molecular complexity index is 1180. The quantitative estimate of drug-likeness (QED) is 0.533. The SMILES string of the molecule is CCC(=O)N1CCC2CCCC(CN(C(=O)Cn3cncn3)Cc3ccccc31)N2Cc1ccncc1. The number of hydrogen-bond acceptors (Lipinski definition) is 6. The number of carbonyl (C=O) groups excluding carboxylic acids is 2. The molecule has 2 aromatic heterocycles. The van der Waals surface area contributed by atoms with Crippen LogP contribution in [0.15, 0.2) is 61.4 Å². The zero-order valence-corrected chi connectivity index (χ0v) is 21.4. The van der Waals surface area contributed by atoms with Crippen molar-refractivity contribution in [3.8, 4) is 0 Å². The van der Waals surface area contributed by atoms with Crippen molar-refractivity contribution in [3.05, 3.63) is 72.6 Å². The van der Waals surface area contributed by atoms with E-state index in [1.807, 2.05) is 53.4 Å². The normalized spacial score (nSPS) is 20.7. The molecule has 0 saturated carbocycles. The summed E-state index contributed by atoms with van der Waals surface area (Å²) in [6.45, 7) is 4.60. The Morgan fingerprint density at radius 1 is 0.973 bits per heavy atom. The first-order valence-electron chi connectivity index (χ1n) is 13.3. The van der Waals surface area contributed by atoms with Gasteiger partial charge in [0, 0.05) is 62.8 Å². The van der Waals surface area contributed by atoms with Gasteiger partial charge in [0.05, 0.1) is 0 Å². The van der Waals surface area contributed by atoms with Crippen LogP contribution in [0.3, 0.4) is 0 Å². The standard InChI is InChI=1S/C28H35N7O2/c1-2-27(36)34-15-12-24-7-5-8-25(35(24)16-22-10-13-29-14-11-22)18-32(17-23-6-3-4-9-26(23)34)28(37)19-33-21-30-20-31-33/h3-4,6,9-11,13-14,20-21,24-25H,2,5,7-8,12,15-19H2,1H3. The average molecular weight is 502 g/mol. The van der Waals surface area contributed by atoms with Crippen LogP contribution in [0, 0.1) is 0 Å². The smallest absolute Gasteiger partial charge is 0.244 e. The Hall–Kier alpha value is -3.59. The predicted molar refractivity (Wildman–Crippen MR) is 140 cm³/mol. The van der Waals surface area contributed by atoms with Crippen LogP contribution in [0.25, 0.3) is 0 Å². The van der Waals surface area contributed by atoms with E-state index in [-0.39, 0.29) is 24.4 Å². The fourth-order valence-electron chi connectivity index (χ4n) is 5.71. The molecule has 3 aromatic rings. The molecule has 2 aliphatic heterocycles. The van der Waals surface area contributed by atoms with E-state index in [1.165, 1.54) is 11.9 Å². The van der Waals surface area contributed by atoms with E-state index >= 15 is 0 Å². The van der Waals surface area contributed by atoms with Gasteiger partial charge in [0.15, 0.2) is 0 Å². The molecule has 1 fully saturated rings. The van der Waals surface area contributed by atoms with Gasteiger partial charge in [-0.05, 0) is 48.6 Å². The van der Waals surface area contributed by atoms with E-state index in [0.29, 0.717) is 32.1 Å². The Balaban J connectivity index is 1.52. The van der Waals surface area contributed by atoms with Crippen molar-refractivity contribution in [2.24, 2.45) is 0 Å². The molecule has 37 heavy (non-hydrogen) atoms. The summed E-state index contributed by atoms with van der Waals surface area (Å²) in [5, 5.41) is 4.15. The highest BCUT2D eigenvalue weighted by atomic mass is 16.2. The van der Waals surface area contributed by atoms with Crippen LogP contribution in [0.1, 0.15) is 50.2 Å². The van der Waals surface area contributed by atoms with Crippen LogP contribution >= 0.6 is 0 Å². The highest BCUT2D eigenvalue weighted by molar-refractivity contribution is 5.94. The highest BCUT2D eigenvalue weighted by Gasteiger charge is 2.34. The second-order valence-electron chi connectivity index (χ2n) is 9.95. The van der Waals surface area contributed by atoms with Crippen molar-refractivity contribution >= 4 is 17.5 Å². The first-order valence-corrected chi connectivity index (χ1v) is 13.3. The average Bonchev–Trinajstić information content (AvgIpc) is 3.43. The number of para-hydroxylation sites is 1. The number of benzene rings is 1. The number of anilines is 1.